The van der Waals surface area contributed by atoms with Crippen LogP contribution in [0.25, 0.3) is 0 Å². The lowest BCUT2D eigenvalue weighted by Crippen LogP contribution is -2.18. The fraction of sp³-hybridized carbons (Fsp3) is 0.333. The van der Waals surface area contributed by atoms with E-state index in [0.717, 1.165) is 11.5 Å². The fourth-order valence-electron chi connectivity index (χ4n) is 2.54. The average molecular weight is 361 g/mol. The van der Waals surface area contributed by atoms with Gasteiger partial charge in [-0.1, -0.05) is 49.7 Å². The van der Waals surface area contributed by atoms with Gasteiger partial charge < -0.3 is 14.6 Å². The Hall–Kier alpha value is -1.97. The van der Waals surface area contributed by atoms with Crippen molar-refractivity contribution in [1.29, 1.82) is 0 Å². The molecule has 4 heteroatoms. The Bertz CT molecular complexity index is 661. The van der Waals surface area contributed by atoms with Crippen LogP contribution in [0, 0.1) is 0 Å². The number of aliphatic hydroxyl groups is 1. The second-order valence-electron chi connectivity index (χ2n) is 6.27. The second kappa shape index (κ2) is 9.50. The van der Waals surface area contributed by atoms with Crippen molar-refractivity contribution in [2.24, 2.45) is 0 Å². The van der Waals surface area contributed by atoms with E-state index in [0.29, 0.717) is 19.6 Å². The summed E-state index contributed by atoms with van der Waals surface area (Å²) in [5, 5.41) is 8.80. The molecule has 2 rings (SSSR count). The molecule has 0 unspecified atom stereocenters. The number of benzene rings is 2. The van der Waals surface area contributed by atoms with E-state index in [1.807, 2.05) is 24.3 Å². The van der Waals surface area contributed by atoms with E-state index < -0.39 is 0 Å². The minimum atomic E-state index is -0.127. The summed E-state index contributed by atoms with van der Waals surface area (Å²) in [5.41, 5.74) is 3.75. The quantitative estimate of drug-likeness (QED) is 0.646. The van der Waals surface area contributed by atoms with E-state index in [4.69, 9.17) is 26.2 Å². The molecule has 0 heterocycles. The van der Waals surface area contributed by atoms with Crippen molar-refractivity contribution < 1.29 is 14.6 Å². The molecule has 1 N–H and O–H groups in total. The molecule has 0 spiro atoms. The Kier molecular flexibility index (Phi) is 7.35. The van der Waals surface area contributed by atoms with E-state index in [1.54, 1.807) is 6.08 Å². The van der Waals surface area contributed by atoms with Gasteiger partial charge in [-0.15, -0.1) is 0 Å². The minimum Gasteiger partial charge on any atom is -0.494 e. The Morgan fingerprint density at radius 1 is 0.920 bits per heavy atom. The molecule has 0 saturated heterocycles. The maximum Gasteiger partial charge on any atom is 0.119 e. The molecular formula is C21H25ClO3. The highest BCUT2D eigenvalue weighted by molar-refractivity contribution is 6.25. The van der Waals surface area contributed by atoms with Crippen molar-refractivity contribution in [3.8, 4) is 11.5 Å². The number of aliphatic hydroxyl groups excluding tert-OH is 1. The van der Waals surface area contributed by atoms with Crippen LogP contribution in [-0.2, 0) is 5.41 Å². The highest BCUT2D eigenvalue weighted by Gasteiger charge is 2.23. The van der Waals surface area contributed by atoms with Gasteiger partial charge >= 0.3 is 0 Å². The second-order valence-corrected chi connectivity index (χ2v) is 6.52. The van der Waals surface area contributed by atoms with Crippen LogP contribution in [0.15, 0.2) is 60.1 Å². The summed E-state index contributed by atoms with van der Waals surface area (Å²) in [4.78, 5) is 0. The summed E-state index contributed by atoms with van der Waals surface area (Å²) in [5.74, 6) is 1.64. The number of rotatable bonds is 9. The van der Waals surface area contributed by atoms with Crippen LogP contribution < -0.4 is 9.47 Å². The number of ether oxygens (including phenoxy) is 2. The molecule has 134 valence electrons. The molecule has 0 atom stereocenters. The molecule has 0 radical (unpaired) electrons. The predicted molar refractivity (Wildman–Crippen MR) is 103 cm³/mol. The maximum atomic E-state index is 8.80. The van der Waals surface area contributed by atoms with Gasteiger partial charge in [-0.3, -0.25) is 0 Å². The third-order valence-corrected chi connectivity index (χ3v) is 4.34. The van der Waals surface area contributed by atoms with Gasteiger partial charge in [-0.2, -0.15) is 0 Å². The van der Waals surface area contributed by atoms with Gasteiger partial charge in [0, 0.05) is 24.0 Å². The average Bonchev–Trinajstić information content (AvgIpc) is 2.63. The monoisotopic (exact) mass is 360 g/mol. The van der Waals surface area contributed by atoms with Gasteiger partial charge in [0.25, 0.3) is 0 Å². The molecule has 2 aromatic rings. The first-order valence-electron chi connectivity index (χ1n) is 8.40. The topological polar surface area (TPSA) is 38.7 Å². The van der Waals surface area contributed by atoms with Crippen LogP contribution in [0.5, 0.6) is 11.5 Å². The van der Waals surface area contributed by atoms with Crippen LogP contribution in [-0.4, -0.2) is 24.9 Å². The minimum absolute atomic E-state index is 0.127. The lowest BCUT2D eigenvalue weighted by molar-refractivity contribution is 0.233. The molecule has 0 fully saturated rings. The normalized spacial score (nSPS) is 11.7. The zero-order valence-electron chi connectivity index (χ0n) is 14.7. The molecule has 0 aliphatic heterocycles. The highest BCUT2D eigenvalue weighted by atomic mass is 35.5. The smallest absolute Gasteiger partial charge is 0.119 e. The van der Waals surface area contributed by atoms with Gasteiger partial charge in [0.2, 0.25) is 0 Å². The summed E-state index contributed by atoms with van der Waals surface area (Å²) in [6.45, 7) is 5.53. The van der Waals surface area contributed by atoms with Crippen LogP contribution in [0.4, 0.5) is 0 Å². The third kappa shape index (κ3) is 5.52. The van der Waals surface area contributed by atoms with Gasteiger partial charge in [-0.05, 0) is 41.5 Å². The number of halogens is 1. The van der Waals surface area contributed by atoms with E-state index in [9.17, 15) is 0 Å². The first-order valence-corrected chi connectivity index (χ1v) is 8.84. The Morgan fingerprint density at radius 3 is 1.92 bits per heavy atom. The molecule has 3 nitrogen and oxygen atoms in total. The standard InChI is InChI=1S/C21H25ClO3/c1-21(2,17-5-9-19(10-6-17)24-15-3-13-22)18-7-11-20(12-8-18)25-16-4-14-23/h3,5-13,23H,4,14-16H2,1-2H3/b13-3+. The Balaban J connectivity index is 2.06. The van der Waals surface area contributed by atoms with Crippen molar-refractivity contribution in [3.05, 3.63) is 71.3 Å². The molecule has 0 saturated carbocycles. The first-order chi connectivity index (χ1) is 12.1. The van der Waals surface area contributed by atoms with Crippen molar-refractivity contribution in [2.45, 2.75) is 25.7 Å². The predicted octanol–water partition coefficient (Wildman–Crippen LogP) is 4.91. The maximum absolute atomic E-state index is 8.80. The highest BCUT2D eigenvalue weighted by Crippen LogP contribution is 2.33. The van der Waals surface area contributed by atoms with Crippen molar-refractivity contribution in [2.75, 3.05) is 19.8 Å². The van der Waals surface area contributed by atoms with Crippen molar-refractivity contribution in [3.63, 3.8) is 0 Å². The first kappa shape index (κ1) is 19.4. The summed E-state index contributed by atoms with van der Waals surface area (Å²) >= 11 is 5.49. The third-order valence-electron chi connectivity index (χ3n) is 4.16. The van der Waals surface area contributed by atoms with E-state index in [2.05, 4.69) is 38.1 Å². The Morgan fingerprint density at radius 2 is 1.44 bits per heavy atom. The van der Waals surface area contributed by atoms with Crippen LogP contribution in [0.3, 0.4) is 0 Å². The zero-order chi connectivity index (χ0) is 18.1. The molecule has 0 aromatic heterocycles. The lowest BCUT2D eigenvalue weighted by atomic mass is 9.78. The molecule has 2 aromatic carbocycles. The largest absolute Gasteiger partial charge is 0.494 e. The SMILES string of the molecule is CC(C)(c1ccc(OC/C=C/Cl)cc1)c1ccc(OCCCO)cc1. The molecule has 0 aliphatic rings. The molecule has 0 aliphatic carbocycles. The van der Waals surface area contributed by atoms with Crippen LogP contribution in [0.1, 0.15) is 31.4 Å². The van der Waals surface area contributed by atoms with Gasteiger partial charge in [0.15, 0.2) is 0 Å². The summed E-state index contributed by atoms with van der Waals surface area (Å²) in [6.07, 6.45) is 2.39. The zero-order valence-corrected chi connectivity index (χ0v) is 15.5. The number of hydrogen-bond acceptors (Lipinski definition) is 3. The summed E-state index contributed by atoms with van der Waals surface area (Å²) in [6, 6.07) is 16.3. The van der Waals surface area contributed by atoms with Crippen molar-refractivity contribution >= 4 is 11.6 Å². The van der Waals surface area contributed by atoms with E-state index in [-0.39, 0.29) is 12.0 Å². The molecule has 0 bridgehead atoms. The summed E-state index contributed by atoms with van der Waals surface area (Å²) < 4.78 is 11.2. The van der Waals surface area contributed by atoms with Crippen LogP contribution in [0.2, 0.25) is 0 Å². The lowest BCUT2D eigenvalue weighted by Gasteiger charge is -2.26. The van der Waals surface area contributed by atoms with Crippen LogP contribution >= 0.6 is 11.6 Å². The van der Waals surface area contributed by atoms with Gasteiger partial charge in [0.1, 0.15) is 18.1 Å². The Labute approximate surface area is 154 Å². The van der Waals surface area contributed by atoms with Crippen molar-refractivity contribution in [1.82, 2.24) is 0 Å². The van der Waals surface area contributed by atoms with Gasteiger partial charge in [-0.25, -0.2) is 0 Å². The molecule has 0 amide bonds. The summed E-state index contributed by atoms with van der Waals surface area (Å²) in [7, 11) is 0. The molecule has 25 heavy (non-hydrogen) atoms. The van der Waals surface area contributed by atoms with Gasteiger partial charge in [0.05, 0.1) is 6.61 Å². The number of hydrogen-bond donors (Lipinski definition) is 1. The molecular weight excluding hydrogens is 336 g/mol. The van der Waals surface area contributed by atoms with E-state index in [1.165, 1.54) is 16.7 Å². The fourth-order valence-corrected chi connectivity index (χ4v) is 2.61. The van der Waals surface area contributed by atoms with E-state index >= 15 is 0 Å².